The maximum atomic E-state index is 12.4. The van der Waals surface area contributed by atoms with Crippen LogP contribution >= 0.6 is 11.6 Å². The highest BCUT2D eigenvalue weighted by atomic mass is 35.5. The molecule has 0 aromatic heterocycles. The van der Waals surface area contributed by atoms with Gasteiger partial charge in [0.1, 0.15) is 10.8 Å². The number of amides is 1. The van der Waals surface area contributed by atoms with Gasteiger partial charge in [-0.1, -0.05) is 23.7 Å². The molecule has 0 atom stereocenters. The Hall–Kier alpha value is -2.60. The predicted octanol–water partition coefficient (Wildman–Crippen LogP) is 3.23. The van der Waals surface area contributed by atoms with Gasteiger partial charge in [0, 0.05) is 24.9 Å². The number of benzene rings is 2. The minimum atomic E-state index is -0.645. The van der Waals surface area contributed by atoms with Crippen LogP contribution in [0.4, 0.5) is 11.4 Å². The van der Waals surface area contributed by atoms with Crippen LogP contribution in [0.15, 0.2) is 42.5 Å². The molecule has 1 N–H and O–H groups in total. The molecule has 0 unspecified atom stereocenters. The zero-order chi connectivity index (χ0) is 15.6. The molecular formula is C14H11ClN2O4. The number of carbonyl (C=O) groups excluding carboxylic acids is 1. The van der Waals surface area contributed by atoms with Gasteiger partial charge in [-0.2, -0.15) is 0 Å². The van der Waals surface area contributed by atoms with Crippen LogP contribution < -0.4 is 4.90 Å². The first-order valence-electron chi connectivity index (χ1n) is 5.92. The molecule has 0 heterocycles. The molecule has 1 amide bonds. The summed E-state index contributed by atoms with van der Waals surface area (Å²) in [6.45, 7) is 0. The molecule has 0 saturated carbocycles. The molecule has 6 nitrogen and oxygen atoms in total. The first-order chi connectivity index (χ1) is 9.91. The van der Waals surface area contributed by atoms with Crippen LogP contribution in [0.3, 0.4) is 0 Å². The molecule has 0 radical (unpaired) electrons. The molecule has 108 valence electrons. The topological polar surface area (TPSA) is 83.7 Å². The highest BCUT2D eigenvalue weighted by Gasteiger charge is 2.22. The Labute approximate surface area is 125 Å². The molecule has 2 rings (SSSR count). The van der Waals surface area contributed by atoms with Crippen molar-refractivity contribution >= 4 is 28.9 Å². The van der Waals surface area contributed by atoms with E-state index in [2.05, 4.69) is 0 Å². The fourth-order valence-electron chi connectivity index (χ4n) is 1.83. The van der Waals surface area contributed by atoms with E-state index in [4.69, 9.17) is 11.6 Å². The van der Waals surface area contributed by atoms with E-state index in [9.17, 15) is 20.0 Å². The SMILES string of the molecule is CN(C(=O)c1cccc([N+](=O)[O-])c1Cl)c1cccc(O)c1. The Kier molecular flexibility index (Phi) is 4.09. The van der Waals surface area contributed by atoms with Gasteiger partial charge in [-0.05, 0) is 18.2 Å². The van der Waals surface area contributed by atoms with Crippen molar-refractivity contribution < 1.29 is 14.8 Å². The van der Waals surface area contributed by atoms with Crippen LogP contribution in [0, 0.1) is 10.1 Å². The van der Waals surface area contributed by atoms with E-state index >= 15 is 0 Å². The van der Waals surface area contributed by atoms with Gasteiger partial charge in [0.2, 0.25) is 0 Å². The van der Waals surface area contributed by atoms with Crippen LogP contribution in [0.1, 0.15) is 10.4 Å². The van der Waals surface area contributed by atoms with Crippen LogP contribution in [-0.4, -0.2) is 23.0 Å². The summed E-state index contributed by atoms with van der Waals surface area (Å²) in [5, 5.41) is 20.1. The number of halogens is 1. The van der Waals surface area contributed by atoms with E-state index in [0.29, 0.717) is 5.69 Å². The summed E-state index contributed by atoms with van der Waals surface area (Å²) in [7, 11) is 1.49. The number of nitrogens with zero attached hydrogens (tertiary/aromatic N) is 2. The predicted molar refractivity (Wildman–Crippen MR) is 78.9 cm³/mol. The van der Waals surface area contributed by atoms with Crippen molar-refractivity contribution in [1.29, 1.82) is 0 Å². The third-order valence-corrected chi connectivity index (χ3v) is 3.32. The van der Waals surface area contributed by atoms with E-state index in [-0.39, 0.29) is 22.0 Å². The zero-order valence-electron chi connectivity index (χ0n) is 11.0. The molecule has 0 saturated heterocycles. The van der Waals surface area contributed by atoms with Crippen molar-refractivity contribution in [3.05, 3.63) is 63.2 Å². The quantitative estimate of drug-likeness (QED) is 0.697. The number of nitro groups is 1. The maximum Gasteiger partial charge on any atom is 0.288 e. The summed E-state index contributed by atoms with van der Waals surface area (Å²) in [5.74, 6) is -0.494. The highest BCUT2D eigenvalue weighted by Crippen LogP contribution is 2.29. The van der Waals surface area contributed by atoms with Crippen molar-refractivity contribution in [2.45, 2.75) is 0 Å². The van der Waals surface area contributed by atoms with E-state index in [1.54, 1.807) is 12.1 Å². The number of rotatable bonds is 3. The van der Waals surface area contributed by atoms with E-state index in [1.165, 1.54) is 42.3 Å². The Morgan fingerprint density at radius 1 is 1.29 bits per heavy atom. The standard InChI is InChI=1S/C14H11ClN2O4/c1-16(9-4-2-5-10(18)8-9)14(19)11-6-3-7-12(13(11)15)17(20)21/h2-8,18H,1H3. The summed E-state index contributed by atoms with van der Waals surface area (Å²) in [6, 6.07) is 10.1. The van der Waals surface area contributed by atoms with Gasteiger partial charge in [0.25, 0.3) is 11.6 Å². The van der Waals surface area contributed by atoms with Gasteiger partial charge in [0.05, 0.1) is 10.5 Å². The number of carbonyl (C=O) groups is 1. The maximum absolute atomic E-state index is 12.4. The number of phenols is 1. The molecule has 0 fully saturated rings. The Bertz CT molecular complexity index is 718. The second kappa shape index (κ2) is 5.80. The number of anilines is 1. The van der Waals surface area contributed by atoms with Gasteiger partial charge in [-0.3, -0.25) is 14.9 Å². The second-order valence-corrected chi connectivity index (χ2v) is 4.66. The second-order valence-electron chi connectivity index (χ2n) is 4.28. The Balaban J connectivity index is 2.41. The summed E-state index contributed by atoms with van der Waals surface area (Å²) in [6.07, 6.45) is 0. The van der Waals surface area contributed by atoms with Crippen molar-refractivity contribution in [1.82, 2.24) is 0 Å². The molecule has 2 aromatic carbocycles. The molecule has 21 heavy (non-hydrogen) atoms. The molecule has 0 aliphatic heterocycles. The van der Waals surface area contributed by atoms with Gasteiger partial charge in [0.15, 0.2) is 0 Å². The monoisotopic (exact) mass is 306 g/mol. The highest BCUT2D eigenvalue weighted by molar-refractivity contribution is 6.36. The lowest BCUT2D eigenvalue weighted by Crippen LogP contribution is -2.26. The molecule has 7 heteroatoms. The van der Waals surface area contributed by atoms with E-state index < -0.39 is 10.8 Å². The normalized spacial score (nSPS) is 10.2. The lowest BCUT2D eigenvalue weighted by atomic mass is 10.1. The fraction of sp³-hybridized carbons (Fsp3) is 0.0714. The molecule has 0 aliphatic carbocycles. The minimum Gasteiger partial charge on any atom is -0.508 e. The molecule has 0 bridgehead atoms. The average Bonchev–Trinajstić information content (AvgIpc) is 2.45. The summed E-state index contributed by atoms with van der Waals surface area (Å²) in [5.41, 5.74) is 0.145. The molecule has 0 aliphatic rings. The van der Waals surface area contributed by atoms with Gasteiger partial charge in [-0.15, -0.1) is 0 Å². The Morgan fingerprint density at radius 2 is 1.95 bits per heavy atom. The van der Waals surface area contributed by atoms with Crippen LogP contribution in [0.2, 0.25) is 5.02 Å². The first-order valence-corrected chi connectivity index (χ1v) is 6.29. The number of nitro benzene ring substituents is 1. The average molecular weight is 307 g/mol. The third kappa shape index (κ3) is 2.95. The summed E-state index contributed by atoms with van der Waals surface area (Å²) >= 11 is 5.92. The summed E-state index contributed by atoms with van der Waals surface area (Å²) < 4.78 is 0. The summed E-state index contributed by atoms with van der Waals surface area (Å²) in [4.78, 5) is 23.8. The molecule has 2 aromatic rings. The van der Waals surface area contributed by atoms with Crippen molar-refractivity contribution in [3.63, 3.8) is 0 Å². The van der Waals surface area contributed by atoms with Crippen LogP contribution in [0.5, 0.6) is 5.75 Å². The zero-order valence-corrected chi connectivity index (χ0v) is 11.7. The largest absolute Gasteiger partial charge is 0.508 e. The van der Waals surface area contributed by atoms with Crippen LogP contribution in [0.25, 0.3) is 0 Å². The van der Waals surface area contributed by atoms with Crippen molar-refractivity contribution in [2.24, 2.45) is 0 Å². The van der Waals surface area contributed by atoms with E-state index in [0.717, 1.165) is 0 Å². The lowest BCUT2D eigenvalue weighted by molar-refractivity contribution is -0.384. The molecule has 0 spiro atoms. The van der Waals surface area contributed by atoms with Crippen molar-refractivity contribution in [3.8, 4) is 5.75 Å². The van der Waals surface area contributed by atoms with E-state index in [1.807, 2.05) is 0 Å². The fourth-order valence-corrected chi connectivity index (χ4v) is 2.10. The number of aromatic hydroxyl groups is 1. The number of hydrogen-bond donors (Lipinski definition) is 1. The van der Waals surface area contributed by atoms with Gasteiger partial charge < -0.3 is 10.0 Å². The number of phenolic OH excluding ortho intramolecular Hbond substituents is 1. The van der Waals surface area contributed by atoms with Gasteiger partial charge in [-0.25, -0.2) is 0 Å². The van der Waals surface area contributed by atoms with Crippen molar-refractivity contribution in [2.75, 3.05) is 11.9 Å². The number of hydrogen-bond acceptors (Lipinski definition) is 4. The minimum absolute atomic E-state index is 0.0114. The smallest absolute Gasteiger partial charge is 0.288 e. The third-order valence-electron chi connectivity index (χ3n) is 2.93. The Morgan fingerprint density at radius 3 is 2.57 bits per heavy atom. The molecular weight excluding hydrogens is 296 g/mol. The first kappa shape index (κ1) is 14.8. The van der Waals surface area contributed by atoms with Gasteiger partial charge >= 0.3 is 0 Å². The van der Waals surface area contributed by atoms with Crippen LogP contribution in [-0.2, 0) is 0 Å². The lowest BCUT2D eigenvalue weighted by Gasteiger charge is -2.18.